The molecule has 0 saturated carbocycles. The minimum Gasteiger partial charge on any atom is -0.489 e. The van der Waals surface area contributed by atoms with Gasteiger partial charge in [0.15, 0.2) is 0 Å². The minimum absolute atomic E-state index is 0.419. The molecule has 0 N–H and O–H groups in total. The topological polar surface area (TPSA) is 9.23 Å². The molecule has 1 unspecified atom stereocenters. The Morgan fingerprint density at radius 2 is 1.75 bits per heavy atom. The molecule has 0 bridgehead atoms. The van der Waals surface area contributed by atoms with Crippen molar-refractivity contribution in [3.05, 3.63) is 63.6 Å². The molecule has 0 amide bonds. The van der Waals surface area contributed by atoms with Gasteiger partial charge in [-0.1, -0.05) is 61.3 Å². The molecule has 0 heterocycles. The maximum Gasteiger partial charge on any atom is 0.119 e. The first-order valence-electron chi connectivity index (χ1n) is 6.77. The van der Waals surface area contributed by atoms with Crippen LogP contribution in [0.15, 0.2) is 42.5 Å². The van der Waals surface area contributed by atoms with Crippen LogP contribution in [0.2, 0.25) is 10.0 Å². The Bertz CT molecular complexity index is 564. The van der Waals surface area contributed by atoms with E-state index < -0.39 is 0 Å². The Morgan fingerprint density at radius 1 is 1.05 bits per heavy atom. The van der Waals surface area contributed by atoms with Gasteiger partial charge in [0.1, 0.15) is 12.4 Å². The van der Waals surface area contributed by atoms with Crippen LogP contribution in [0.5, 0.6) is 5.75 Å². The Morgan fingerprint density at radius 3 is 2.40 bits per heavy atom. The van der Waals surface area contributed by atoms with Gasteiger partial charge < -0.3 is 4.74 Å². The van der Waals surface area contributed by atoms with Crippen LogP contribution < -0.4 is 4.74 Å². The van der Waals surface area contributed by atoms with Gasteiger partial charge in [-0.05, 0) is 36.1 Å². The SMILES string of the molecule is CCC(C)c1ccc(OCc2cccc(Cl)c2Cl)cc1. The molecule has 2 aromatic rings. The van der Waals surface area contributed by atoms with Crippen molar-refractivity contribution in [1.29, 1.82) is 0 Å². The average molecular weight is 309 g/mol. The first-order valence-corrected chi connectivity index (χ1v) is 7.53. The van der Waals surface area contributed by atoms with Gasteiger partial charge >= 0.3 is 0 Å². The maximum absolute atomic E-state index is 6.13. The zero-order valence-corrected chi connectivity index (χ0v) is 13.2. The quantitative estimate of drug-likeness (QED) is 0.649. The molecule has 0 aliphatic heterocycles. The van der Waals surface area contributed by atoms with Gasteiger partial charge in [-0.3, -0.25) is 0 Å². The zero-order valence-electron chi connectivity index (χ0n) is 11.7. The summed E-state index contributed by atoms with van der Waals surface area (Å²) in [7, 11) is 0. The summed E-state index contributed by atoms with van der Waals surface area (Å²) in [6, 6.07) is 13.8. The second kappa shape index (κ2) is 7.01. The minimum atomic E-state index is 0.419. The molecule has 3 heteroatoms. The predicted molar refractivity (Wildman–Crippen MR) is 85.9 cm³/mol. The van der Waals surface area contributed by atoms with Crippen LogP contribution in [-0.4, -0.2) is 0 Å². The molecule has 0 aliphatic carbocycles. The van der Waals surface area contributed by atoms with Crippen molar-refractivity contribution in [3.8, 4) is 5.75 Å². The van der Waals surface area contributed by atoms with Gasteiger partial charge in [0, 0.05) is 5.56 Å². The summed E-state index contributed by atoms with van der Waals surface area (Å²) in [5.74, 6) is 1.42. The molecular formula is C17H18Cl2O. The van der Waals surface area contributed by atoms with Crippen LogP contribution in [0.3, 0.4) is 0 Å². The van der Waals surface area contributed by atoms with Crippen molar-refractivity contribution >= 4 is 23.2 Å². The number of benzene rings is 2. The van der Waals surface area contributed by atoms with E-state index in [0.717, 1.165) is 17.7 Å². The third kappa shape index (κ3) is 3.68. The highest BCUT2D eigenvalue weighted by molar-refractivity contribution is 6.42. The lowest BCUT2D eigenvalue weighted by molar-refractivity contribution is 0.306. The Balaban J connectivity index is 2.02. The fourth-order valence-corrected chi connectivity index (χ4v) is 2.32. The molecule has 0 saturated heterocycles. The van der Waals surface area contributed by atoms with E-state index >= 15 is 0 Å². The third-order valence-electron chi connectivity index (χ3n) is 3.49. The monoisotopic (exact) mass is 308 g/mol. The molecular weight excluding hydrogens is 291 g/mol. The maximum atomic E-state index is 6.13. The Labute approximate surface area is 130 Å². The summed E-state index contributed by atoms with van der Waals surface area (Å²) in [6.45, 7) is 4.83. The number of ether oxygens (including phenoxy) is 1. The lowest BCUT2D eigenvalue weighted by Crippen LogP contribution is -1.97. The smallest absolute Gasteiger partial charge is 0.119 e. The lowest BCUT2D eigenvalue weighted by atomic mass is 9.99. The summed E-state index contributed by atoms with van der Waals surface area (Å²) in [5, 5.41) is 1.12. The molecule has 0 radical (unpaired) electrons. The molecule has 2 aromatic carbocycles. The van der Waals surface area contributed by atoms with Gasteiger partial charge in [0.2, 0.25) is 0 Å². The molecule has 0 aromatic heterocycles. The van der Waals surface area contributed by atoms with E-state index in [0.29, 0.717) is 22.6 Å². The number of hydrogen-bond acceptors (Lipinski definition) is 1. The molecule has 1 atom stereocenters. The van der Waals surface area contributed by atoms with Crippen LogP contribution in [-0.2, 0) is 6.61 Å². The molecule has 0 fully saturated rings. The first-order chi connectivity index (χ1) is 9.61. The third-order valence-corrected chi connectivity index (χ3v) is 4.35. The highest BCUT2D eigenvalue weighted by Crippen LogP contribution is 2.27. The van der Waals surface area contributed by atoms with Crippen molar-refractivity contribution in [2.24, 2.45) is 0 Å². The zero-order chi connectivity index (χ0) is 14.5. The van der Waals surface area contributed by atoms with Gasteiger partial charge in [-0.15, -0.1) is 0 Å². The van der Waals surface area contributed by atoms with Crippen molar-refractivity contribution < 1.29 is 4.74 Å². The van der Waals surface area contributed by atoms with E-state index in [1.165, 1.54) is 5.56 Å². The largest absolute Gasteiger partial charge is 0.489 e. The number of halogens is 2. The molecule has 2 rings (SSSR count). The highest BCUT2D eigenvalue weighted by Gasteiger charge is 2.06. The van der Waals surface area contributed by atoms with Crippen LogP contribution in [0, 0.1) is 0 Å². The van der Waals surface area contributed by atoms with Gasteiger partial charge in [-0.2, -0.15) is 0 Å². The fourth-order valence-electron chi connectivity index (χ4n) is 1.95. The normalized spacial score (nSPS) is 12.2. The van der Waals surface area contributed by atoms with E-state index in [4.69, 9.17) is 27.9 Å². The van der Waals surface area contributed by atoms with E-state index in [1.807, 2.05) is 24.3 Å². The summed E-state index contributed by atoms with van der Waals surface area (Å²) in [4.78, 5) is 0. The van der Waals surface area contributed by atoms with Crippen LogP contribution in [0.1, 0.15) is 37.3 Å². The van der Waals surface area contributed by atoms with Gasteiger partial charge in [0.25, 0.3) is 0 Å². The summed E-state index contributed by atoms with van der Waals surface area (Å²) < 4.78 is 5.75. The Hall–Kier alpha value is -1.18. The summed E-state index contributed by atoms with van der Waals surface area (Å²) in [5.41, 5.74) is 2.23. The van der Waals surface area contributed by atoms with Crippen LogP contribution in [0.25, 0.3) is 0 Å². The molecule has 20 heavy (non-hydrogen) atoms. The van der Waals surface area contributed by atoms with Crippen molar-refractivity contribution in [3.63, 3.8) is 0 Å². The molecule has 0 spiro atoms. The van der Waals surface area contributed by atoms with Crippen LogP contribution >= 0.6 is 23.2 Å². The second-order valence-electron chi connectivity index (χ2n) is 4.88. The number of rotatable bonds is 5. The van der Waals surface area contributed by atoms with Crippen molar-refractivity contribution in [1.82, 2.24) is 0 Å². The van der Waals surface area contributed by atoms with E-state index in [1.54, 1.807) is 6.07 Å². The predicted octanol–water partition coefficient (Wildman–Crippen LogP) is 6.09. The molecule has 106 valence electrons. The average Bonchev–Trinajstić information content (AvgIpc) is 2.48. The van der Waals surface area contributed by atoms with Gasteiger partial charge in [-0.25, -0.2) is 0 Å². The molecule has 0 aliphatic rings. The van der Waals surface area contributed by atoms with E-state index in [2.05, 4.69) is 26.0 Å². The van der Waals surface area contributed by atoms with Gasteiger partial charge in [0.05, 0.1) is 10.0 Å². The molecule has 1 nitrogen and oxygen atoms in total. The second-order valence-corrected chi connectivity index (χ2v) is 5.67. The van der Waals surface area contributed by atoms with E-state index in [9.17, 15) is 0 Å². The highest BCUT2D eigenvalue weighted by atomic mass is 35.5. The van der Waals surface area contributed by atoms with E-state index in [-0.39, 0.29) is 0 Å². The summed E-state index contributed by atoms with van der Waals surface area (Å²) in [6.07, 6.45) is 1.14. The lowest BCUT2D eigenvalue weighted by Gasteiger charge is -2.11. The first kappa shape index (κ1) is 15.2. The Kier molecular flexibility index (Phi) is 5.33. The van der Waals surface area contributed by atoms with Crippen molar-refractivity contribution in [2.75, 3.05) is 0 Å². The standard InChI is InChI=1S/C17H18Cl2O/c1-3-12(2)13-7-9-15(10-8-13)20-11-14-5-4-6-16(18)17(14)19/h4-10,12H,3,11H2,1-2H3. The number of hydrogen-bond donors (Lipinski definition) is 0. The fraction of sp³-hybridized carbons (Fsp3) is 0.294. The van der Waals surface area contributed by atoms with Crippen LogP contribution in [0.4, 0.5) is 0 Å². The van der Waals surface area contributed by atoms with Crippen molar-refractivity contribution in [2.45, 2.75) is 32.8 Å². The summed E-state index contributed by atoms with van der Waals surface area (Å²) >= 11 is 12.1.